The molecule has 0 aromatic heterocycles. The molecule has 0 radical (unpaired) electrons. The lowest BCUT2D eigenvalue weighted by Gasteiger charge is -2.26. The van der Waals surface area contributed by atoms with Gasteiger partial charge in [0.25, 0.3) is 5.91 Å². The highest BCUT2D eigenvalue weighted by atomic mass is 35.5. The Hall–Kier alpha value is -1.99. The third-order valence-corrected chi connectivity index (χ3v) is 4.46. The van der Waals surface area contributed by atoms with Crippen molar-refractivity contribution in [2.24, 2.45) is 0 Å². The number of carboxylic acids is 1. The molecule has 8 heteroatoms. The fourth-order valence-electron chi connectivity index (χ4n) is 2.96. The van der Waals surface area contributed by atoms with Gasteiger partial charge in [0.15, 0.2) is 11.5 Å². The Morgan fingerprint density at radius 1 is 1.24 bits per heavy atom. The summed E-state index contributed by atoms with van der Waals surface area (Å²) in [7, 11) is 0. The number of aliphatic carboxylic acids is 1. The molecule has 7 nitrogen and oxygen atoms in total. The average Bonchev–Trinajstić information content (AvgIpc) is 3.11. The molecule has 1 N–H and O–H groups in total. The number of carboxylic acid groups (broad SMARTS) is 1. The molecule has 1 saturated heterocycles. The van der Waals surface area contributed by atoms with Gasteiger partial charge in [-0.25, -0.2) is 0 Å². The molecule has 1 amide bonds. The molecule has 0 unspecified atom stereocenters. The molecular formula is C17H20ClNO6. The first-order valence-corrected chi connectivity index (χ1v) is 8.64. The maximum Gasteiger partial charge on any atom is 0.305 e. The fraction of sp³-hybridized carbons (Fsp3) is 0.529. The third kappa shape index (κ3) is 4.35. The van der Waals surface area contributed by atoms with E-state index in [4.69, 9.17) is 30.9 Å². The predicted molar refractivity (Wildman–Crippen MR) is 89.6 cm³/mol. The van der Waals surface area contributed by atoms with Gasteiger partial charge < -0.3 is 24.2 Å². The van der Waals surface area contributed by atoms with Crippen molar-refractivity contribution >= 4 is 23.5 Å². The molecule has 25 heavy (non-hydrogen) atoms. The van der Waals surface area contributed by atoms with E-state index < -0.39 is 5.97 Å². The lowest BCUT2D eigenvalue weighted by Crippen LogP contribution is -2.38. The van der Waals surface area contributed by atoms with E-state index in [9.17, 15) is 9.59 Å². The quantitative estimate of drug-likeness (QED) is 0.827. The van der Waals surface area contributed by atoms with Gasteiger partial charge in [-0.05, 0) is 25.0 Å². The van der Waals surface area contributed by atoms with Crippen molar-refractivity contribution in [3.63, 3.8) is 0 Å². The fourth-order valence-corrected chi connectivity index (χ4v) is 3.22. The van der Waals surface area contributed by atoms with Crippen molar-refractivity contribution in [2.75, 3.05) is 32.9 Å². The third-order valence-electron chi connectivity index (χ3n) is 4.17. The second-order valence-electron chi connectivity index (χ2n) is 6.01. The molecule has 0 spiro atoms. The summed E-state index contributed by atoms with van der Waals surface area (Å²) in [6.45, 7) is 1.93. The predicted octanol–water partition coefficient (Wildman–Crippen LogP) is 2.21. The Morgan fingerprint density at radius 3 is 2.76 bits per heavy atom. The van der Waals surface area contributed by atoms with Gasteiger partial charge in [0.05, 0.1) is 17.5 Å². The van der Waals surface area contributed by atoms with Crippen LogP contribution in [0.15, 0.2) is 12.1 Å². The summed E-state index contributed by atoms with van der Waals surface area (Å²) in [6.07, 6.45) is 1.61. The maximum atomic E-state index is 12.9. The average molecular weight is 370 g/mol. The molecule has 1 atom stereocenters. The number of amides is 1. The van der Waals surface area contributed by atoms with Gasteiger partial charge in [-0.2, -0.15) is 0 Å². The molecule has 1 aromatic carbocycles. The van der Waals surface area contributed by atoms with Crippen LogP contribution in [-0.2, 0) is 9.53 Å². The number of fused-ring (bicyclic) bond motifs is 1. The molecule has 1 aromatic rings. The molecule has 2 aliphatic rings. The minimum Gasteiger partial charge on any atom is -0.486 e. The number of carbonyl (C=O) groups excluding carboxylic acids is 1. The molecule has 0 bridgehead atoms. The van der Waals surface area contributed by atoms with Gasteiger partial charge in [0.1, 0.15) is 13.2 Å². The molecule has 2 heterocycles. The summed E-state index contributed by atoms with van der Waals surface area (Å²) in [5.41, 5.74) is 0.345. The number of nitrogens with zero attached hydrogens (tertiary/aromatic N) is 1. The van der Waals surface area contributed by atoms with E-state index in [1.165, 1.54) is 11.0 Å². The highest BCUT2D eigenvalue weighted by molar-refractivity contribution is 6.32. The van der Waals surface area contributed by atoms with Crippen LogP contribution < -0.4 is 9.47 Å². The number of rotatable bonds is 6. The minimum absolute atomic E-state index is 0.0644. The summed E-state index contributed by atoms with van der Waals surface area (Å²) in [6, 6.07) is 3.12. The van der Waals surface area contributed by atoms with Crippen LogP contribution in [0, 0.1) is 0 Å². The number of hydrogen-bond donors (Lipinski definition) is 1. The number of halogens is 1. The van der Waals surface area contributed by atoms with Gasteiger partial charge in [0.2, 0.25) is 0 Å². The van der Waals surface area contributed by atoms with Gasteiger partial charge >= 0.3 is 5.97 Å². The first-order chi connectivity index (χ1) is 12.0. The van der Waals surface area contributed by atoms with Crippen molar-refractivity contribution in [2.45, 2.75) is 25.4 Å². The summed E-state index contributed by atoms with van der Waals surface area (Å²) in [4.78, 5) is 25.3. The van der Waals surface area contributed by atoms with E-state index in [2.05, 4.69) is 0 Å². The van der Waals surface area contributed by atoms with Gasteiger partial charge in [-0.15, -0.1) is 0 Å². The zero-order valence-corrected chi connectivity index (χ0v) is 14.5. The van der Waals surface area contributed by atoms with Crippen LogP contribution in [0.25, 0.3) is 0 Å². The van der Waals surface area contributed by atoms with Crippen molar-refractivity contribution in [3.05, 3.63) is 22.7 Å². The Kier molecular flexibility index (Phi) is 5.65. The molecular weight excluding hydrogens is 350 g/mol. The van der Waals surface area contributed by atoms with Crippen LogP contribution in [0.3, 0.4) is 0 Å². The van der Waals surface area contributed by atoms with Crippen LogP contribution >= 0.6 is 11.6 Å². The molecule has 136 valence electrons. The van der Waals surface area contributed by atoms with Gasteiger partial charge in [0, 0.05) is 25.3 Å². The summed E-state index contributed by atoms with van der Waals surface area (Å²) in [5.74, 6) is -0.390. The summed E-state index contributed by atoms with van der Waals surface area (Å²) < 4.78 is 16.5. The lowest BCUT2D eigenvalue weighted by molar-refractivity contribution is -0.137. The van der Waals surface area contributed by atoms with Gasteiger partial charge in [-0.3, -0.25) is 9.59 Å². The van der Waals surface area contributed by atoms with E-state index >= 15 is 0 Å². The summed E-state index contributed by atoms with van der Waals surface area (Å²) in [5, 5.41) is 9.25. The largest absolute Gasteiger partial charge is 0.486 e. The van der Waals surface area contributed by atoms with E-state index in [0.717, 1.165) is 12.8 Å². The highest BCUT2D eigenvalue weighted by Crippen LogP contribution is 2.38. The van der Waals surface area contributed by atoms with Crippen LogP contribution in [-0.4, -0.2) is 60.9 Å². The first kappa shape index (κ1) is 17.8. The van der Waals surface area contributed by atoms with Crippen LogP contribution in [0.5, 0.6) is 11.5 Å². The summed E-state index contributed by atoms with van der Waals surface area (Å²) >= 11 is 6.20. The van der Waals surface area contributed by atoms with E-state index in [1.54, 1.807) is 6.07 Å². The normalized spacial score (nSPS) is 18.8. The van der Waals surface area contributed by atoms with Crippen molar-refractivity contribution < 1.29 is 28.9 Å². The Balaban J connectivity index is 1.80. The zero-order chi connectivity index (χ0) is 17.8. The standard InChI is InChI=1S/C17H20ClNO6/c18-13-8-11(9-14-16(13)25-7-6-24-14)17(22)19(4-3-15(20)21)10-12-2-1-5-23-12/h8-9,12H,1-7,10H2,(H,20,21)/t12-/m0/s1. The Labute approximate surface area is 150 Å². The van der Waals surface area contributed by atoms with Crippen LogP contribution in [0.2, 0.25) is 5.02 Å². The van der Waals surface area contributed by atoms with Crippen molar-refractivity contribution in [1.29, 1.82) is 0 Å². The Bertz CT molecular complexity index is 659. The van der Waals surface area contributed by atoms with E-state index in [0.29, 0.717) is 48.5 Å². The first-order valence-electron chi connectivity index (χ1n) is 8.26. The van der Waals surface area contributed by atoms with Crippen LogP contribution in [0.1, 0.15) is 29.6 Å². The highest BCUT2D eigenvalue weighted by Gasteiger charge is 2.26. The topological polar surface area (TPSA) is 85.3 Å². The molecule has 0 saturated carbocycles. The van der Waals surface area contributed by atoms with Crippen molar-refractivity contribution in [1.82, 2.24) is 4.90 Å². The van der Waals surface area contributed by atoms with Gasteiger partial charge in [-0.1, -0.05) is 11.6 Å². The molecule has 1 fully saturated rings. The van der Waals surface area contributed by atoms with E-state index in [-0.39, 0.29) is 25.0 Å². The SMILES string of the molecule is O=C(O)CCN(C[C@@H]1CCCO1)C(=O)c1cc(Cl)c2c(c1)OCCO2. The number of hydrogen-bond acceptors (Lipinski definition) is 5. The van der Waals surface area contributed by atoms with Crippen molar-refractivity contribution in [3.8, 4) is 11.5 Å². The number of benzene rings is 1. The minimum atomic E-state index is -0.953. The molecule has 2 aliphatic heterocycles. The van der Waals surface area contributed by atoms with Crippen LogP contribution in [0.4, 0.5) is 0 Å². The Morgan fingerprint density at radius 2 is 2.04 bits per heavy atom. The lowest BCUT2D eigenvalue weighted by atomic mass is 10.1. The molecule has 3 rings (SSSR count). The monoisotopic (exact) mass is 369 g/mol. The number of ether oxygens (including phenoxy) is 3. The second kappa shape index (κ2) is 7.93. The zero-order valence-electron chi connectivity index (χ0n) is 13.7. The smallest absolute Gasteiger partial charge is 0.305 e. The second-order valence-corrected chi connectivity index (χ2v) is 6.42. The molecule has 0 aliphatic carbocycles. The van der Waals surface area contributed by atoms with E-state index in [1.807, 2.05) is 0 Å². The maximum absolute atomic E-state index is 12.9. The number of carbonyl (C=O) groups is 2.